The highest BCUT2D eigenvalue weighted by Crippen LogP contribution is 2.43. The Bertz CT molecular complexity index is 801. The number of thiazole rings is 1. The van der Waals surface area contributed by atoms with E-state index in [0.29, 0.717) is 47.2 Å². The van der Waals surface area contributed by atoms with E-state index in [9.17, 15) is 18.0 Å². The maximum absolute atomic E-state index is 13.2. The van der Waals surface area contributed by atoms with Gasteiger partial charge >= 0.3 is 6.18 Å². The lowest BCUT2D eigenvalue weighted by molar-refractivity contribution is -0.137. The van der Waals surface area contributed by atoms with Crippen LogP contribution < -0.4 is 4.90 Å². The number of carbonyl (C=O) groups excluding carboxylic acids is 1. The lowest BCUT2D eigenvalue weighted by Crippen LogP contribution is -2.53. The van der Waals surface area contributed by atoms with Crippen molar-refractivity contribution in [2.24, 2.45) is 0 Å². The first-order valence-electron chi connectivity index (χ1n) is 8.34. The number of alkyl halides is 3. The third kappa shape index (κ3) is 3.70. The molecule has 2 aromatic rings. The average Bonchev–Trinajstić information content (AvgIpc) is 3.00. The first-order valence-corrected chi connectivity index (χ1v) is 9.15. The molecule has 0 saturated carbocycles. The maximum atomic E-state index is 13.2. The van der Waals surface area contributed by atoms with Gasteiger partial charge in [0.15, 0.2) is 0 Å². The number of aryl methyl sites for hydroxylation is 1. The van der Waals surface area contributed by atoms with Crippen LogP contribution in [0.25, 0.3) is 11.3 Å². The van der Waals surface area contributed by atoms with E-state index in [1.54, 1.807) is 17.0 Å². The molecule has 1 fully saturated rings. The van der Waals surface area contributed by atoms with Gasteiger partial charge in [-0.2, -0.15) is 13.2 Å². The zero-order valence-corrected chi connectivity index (χ0v) is 15.6. The number of piperazine rings is 1. The summed E-state index contributed by atoms with van der Waals surface area (Å²) in [5.74, 6) is -0.0174. The summed E-state index contributed by atoms with van der Waals surface area (Å²) in [7, 11) is 0. The van der Waals surface area contributed by atoms with E-state index >= 15 is 0 Å². The van der Waals surface area contributed by atoms with Crippen molar-refractivity contribution >= 4 is 22.2 Å². The Balaban J connectivity index is 1.99. The minimum absolute atomic E-state index is 0.0174. The number of halogens is 3. The second-order valence-electron chi connectivity index (χ2n) is 6.54. The van der Waals surface area contributed by atoms with Crippen LogP contribution in [0.5, 0.6) is 0 Å². The van der Waals surface area contributed by atoms with Crippen molar-refractivity contribution in [1.82, 2.24) is 9.88 Å². The summed E-state index contributed by atoms with van der Waals surface area (Å²) in [6.45, 7) is 6.81. The van der Waals surface area contributed by atoms with E-state index in [0.717, 1.165) is 5.56 Å². The Morgan fingerprint density at radius 2 is 1.88 bits per heavy atom. The van der Waals surface area contributed by atoms with E-state index < -0.39 is 11.2 Å². The molecule has 1 saturated heterocycles. The van der Waals surface area contributed by atoms with E-state index in [2.05, 4.69) is 4.98 Å². The molecule has 26 heavy (non-hydrogen) atoms. The predicted molar refractivity (Wildman–Crippen MR) is 96.4 cm³/mol. The minimum Gasteiger partial charge on any atom is -0.358 e. The predicted octanol–water partition coefficient (Wildman–Crippen LogP) is 4.19. The van der Waals surface area contributed by atoms with Gasteiger partial charge in [-0.15, -0.1) is 0 Å². The molecule has 1 aliphatic rings. The van der Waals surface area contributed by atoms with Crippen molar-refractivity contribution in [1.29, 1.82) is 0 Å². The Kier molecular flexibility index (Phi) is 4.96. The second kappa shape index (κ2) is 6.90. The first-order chi connectivity index (χ1) is 12.2. The molecule has 3 rings (SSSR count). The van der Waals surface area contributed by atoms with Crippen molar-refractivity contribution in [3.63, 3.8) is 0 Å². The summed E-state index contributed by atoms with van der Waals surface area (Å²) in [6.07, 6.45) is -4.48. The van der Waals surface area contributed by atoms with Gasteiger partial charge in [0.1, 0.15) is 10.7 Å². The number of nitrogens with zero attached hydrogens (tertiary/aromatic N) is 3. The fourth-order valence-corrected chi connectivity index (χ4v) is 4.15. The summed E-state index contributed by atoms with van der Waals surface area (Å²) in [5, 5.41) is -0.332. The Hall–Kier alpha value is -2.09. The van der Waals surface area contributed by atoms with Crippen molar-refractivity contribution in [2.45, 2.75) is 33.0 Å². The molecule has 2 heterocycles. The molecule has 1 aliphatic heterocycles. The highest BCUT2D eigenvalue weighted by atomic mass is 32.1. The van der Waals surface area contributed by atoms with E-state index in [4.69, 9.17) is 0 Å². The van der Waals surface area contributed by atoms with Crippen molar-refractivity contribution in [3.8, 4) is 11.3 Å². The SMILES string of the molecule is CC(=O)N1CCN(c2sc(C(F)(F)F)nc2-c2ccc(C)cc2)C[C@H]1C. The summed E-state index contributed by atoms with van der Waals surface area (Å²) in [5.41, 5.74) is 2.05. The molecule has 0 spiro atoms. The van der Waals surface area contributed by atoms with Crippen LogP contribution in [0.3, 0.4) is 0 Å². The molecule has 0 unspecified atom stereocenters. The standard InChI is InChI=1S/C18H20F3N3OS/c1-11-4-6-14(7-5-11)15-16(26-17(22-15)18(19,20)21)23-8-9-24(13(3)25)12(2)10-23/h4-7,12H,8-10H2,1-3H3/t12-/m1/s1. The fourth-order valence-electron chi connectivity index (χ4n) is 3.16. The third-order valence-electron chi connectivity index (χ3n) is 4.50. The molecular formula is C18H20F3N3OS. The summed E-state index contributed by atoms with van der Waals surface area (Å²) in [4.78, 5) is 19.2. The number of hydrogen-bond acceptors (Lipinski definition) is 4. The maximum Gasteiger partial charge on any atom is 0.443 e. The van der Waals surface area contributed by atoms with Gasteiger partial charge in [0.25, 0.3) is 0 Å². The summed E-state index contributed by atoms with van der Waals surface area (Å²) in [6, 6.07) is 7.25. The van der Waals surface area contributed by atoms with Crippen LogP contribution in [0.1, 0.15) is 24.4 Å². The van der Waals surface area contributed by atoms with E-state index in [-0.39, 0.29) is 11.9 Å². The van der Waals surface area contributed by atoms with Crippen LogP contribution in [0.2, 0.25) is 0 Å². The van der Waals surface area contributed by atoms with Gasteiger partial charge in [0, 0.05) is 38.2 Å². The van der Waals surface area contributed by atoms with Gasteiger partial charge in [-0.3, -0.25) is 4.79 Å². The molecule has 0 N–H and O–H groups in total. The Morgan fingerprint density at radius 3 is 2.42 bits per heavy atom. The fraction of sp³-hybridized carbons (Fsp3) is 0.444. The van der Waals surface area contributed by atoms with Gasteiger partial charge < -0.3 is 9.80 Å². The quantitative estimate of drug-likeness (QED) is 0.780. The number of benzene rings is 1. The van der Waals surface area contributed by atoms with Gasteiger partial charge in [-0.1, -0.05) is 41.2 Å². The highest BCUT2D eigenvalue weighted by molar-refractivity contribution is 7.16. The summed E-state index contributed by atoms with van der Waals surface area (Å²) < 4.78 is 39.7. The van der Waals surface area contributed by atoms with Crippen LogP contribution >= 0.6 is 11.3 Å². The molecule has 1 aromatic heterocycles. The molecule has 1 aromatic carbocycles. The minimum atomic E-state index is -4.48. The molecule has 140 valence electrons. The van der Waals surface area contributed by atoms with Crippen LogP contribution in [-0.4, -0.2) is 41.5 Å². The molecule has 0 radical (unpaired) electrons. The highest BCUT2D eigenvalue weighted by Gasteiger charge is 2.38. The van der Waals surface area contributed by atoms with Crippen molar-refractivity contribution < 1.29 is 18.0 Å². The van der Waals surface area contributed by atoms with Crippen molar-refractivity contribution in [2.75, 3.05) is 24.5 Å². The first kappa shape index (κ1) is 18.7. The lowest BCUT2D eigenvalue weighted by atomic mass is 10.1. The number of amides is 1. The third-order valence-corrected chi connectivity index (χ3v) is 5.66. The number of anilines is 1. The number of hydrogen-bond donors (Lipinski definition) is 0. The second-order valence-corrected chi connectivity index (χ2v) is 7.52. The molecule has 4 nitrogen and oxygen atoms in total. The lowest BCUT2D eigenvalue weighted by Gasteiger charge is -2.40. The zero-order chi connectivity index (χ0) is 19.1. The van der Waals surface area contributed by atoms with Gasteiger partial charge in [-0.25, -0.2) is 4.98 Å². The molecule has 1 atom stereocenters. The molecule has 0 aliphatic carbocycles. The van der Waals surface area contributed by atoms with Gasteiger partial charge in [0.05, 0.1) is 0 Å². The number of aromatic nitrogens is 1. The van der Waals surface area contributed by atoms with Crippen LogP contribution in [-0.2, 0) is 11.0 Å². The van der Waals surface area contributed by atoms with Crippen LogP contribution in [0.15, 0.2) is 24.3 Å². The normalized spacial score (nSPS) is 18.3. The molecule has 1 amide bonds. The number of rotatable bonds is 2. The Labute approximate surface area is 154 Å². The van der Waals surface area contributed by atoms with Gasteiger partial charge in [-0.05, 0) is 13.8 Å². The summed E-state index contributed by atoms with van der Waals surface area (Å²) >= 11 is 0.670. The van der Waals surface area contributed by atoms with Crippen LogP contribution in [0.4, 0.5) is 18.2 Å². The molecule has 0 bridgehead atoms. The van der Waals surface area contributed by atoms with Crippen LogP contribution in [0, 0.1) is 6.92 Å². The smallest absolute Gasteiger partial charge is 0.358 e. The largest absolute Gasteiger partial charge is 0.443 e. The molecule has 8 heteroatoms. The van der Waals surface area contributed by atoms with Gasteiger partial charge in [0.2, 0.25) is 10.9 Å². The van der Waals surface area contributed by atoms with Crippen molar-refractivity contribution in [3.05, 3.63) is 34.8 Å². The van der Waals surface area contributed by atoms with E-state index in [1.807, 2.05) is 30.9 Å². The monoisotopic (exact) mass is 383 g/mol. The average molecular weight is 383 g/mol. The zero-order valence-electron chi connectivity index (χ0n) is 14.8. The topological polar surface area (TPSA) is 36.4 Å². The molecular weight excluding hydrogens is 363 g/mol. The Morgan fingerprint density at radius 1 is 1.23 bits per heavy atom. The number of carbonyl (C=O) groups is 1. The van der Waals surface area contributed by atoms with E-state index in [1.165, 1.54) is 6.92 Å².